The van der Waals surface area contributed by atoms with Crippen molar-refractivity contribution in [3.8, 4) is 0 Å². The molecule has 5 heteroatoms. The van der Waals surface area contributed by atoms with E-state index in [0.29, 0.717) is 0 Å². The van der Waals surface area contributed by atoms with Crippen LogP contribution in [0.4, 0.5) is 5.69 Å². The summed E-state index contributed by atoms with van der Waals surface area (Å²) in [5.74, 6) is 1.55. The average molecular weight is 297 g/mol. The maximum atomic E-state index is 11.0. The fraction of sp³-hybridized carbons (Fsp3) is 0.429. The molecule has 3 nitrogen and oxygen atoms in total. The van der Waals surface area contributed by atoms with Gasteiger partial charge >= 0.3 is 0 Å². The highest BCUT2D eigenvalue weighted by molar-refractivity contribution is 8.13. The number of anilines is 1. The normalized spacial score (nSPS) is 10.2. The summed E-state index contributed by atoms with van der Waals surface area (Å²) >= 11 is 2.68. The third kappa shape index (κ3) is 7.28. The Bertz CT molecular complexity index is 389. The minimum Gasteiger partial charge on any atom is -0.370 e. The Labute approximate surface area is 123 Å². The molecule has 0 aliphatic rings. The highest BCUT2D eigenvalue weighted by atomic mass is 32.2. The summed E-state index contributed by atoms with van der Waals surface area (Å²) in [6.45, 7) is 4.80. The van der Waals surface area contributed by atoms with E-state index in [1.807, 2.05) is 18.2 Å². The van der Waals surface area contributed by atoms with E-state index < -0.39 is 0 Å². The van der Waals surface area contributed by atoms with Gasteiger partial charge in [-0.05, 0) is 12.1 Å². The summed E-state index contributed by atoms with van der Waals surface area (Å²) in [6.07, 6.45) is 0. The number of carbonyl (C=O) groups is 2. The zero-order valence-corrected chi connectivity index (χ0v) is 12.9. The first-order valence-corrected chi connectivity index (χ1v) is 8.13. The van der Waals surface area contributed by atoms with E-state index >= 15 is 0 Å². The monoisotopic (exact) mass is 297 g/mol. The average Bonchev–Trinajstić information content (AvgIpc) is 2.37. The lowest BCUT2D eigenvalue weighted by molar-refractivity contribution is -0.109. The molecule has 0 saturated heterocycles. The van der Waals surface area contributed by atoms with Crippen molar-refractivity contribution in [2.24, 2.45) is 0 Å². The maximum Gasteiger partial charge on any atom is 0.185 e. The van der Waals surface area contributed by atoms with Crippen LogP contribution in [0, 0.1) is 0 Å². The number of thioether (sulfide) groups is 2. The zero-order valence-electron chi connectivity index (χ0n) is 11.3. The summed E-state index contributed by atoms with van der Waals surface area (Å²) in [4.78, 5) is 24.1. The van der Waals surface area contributed by atoms with Crippen LogP contribution < -0.4 is 4.90 Å². The van der Waals surface area contributed by atoms with Gasteiger partial charge in [-0.1, -0.05) is 41.7 Å². The molecule has 0 amide bonds. The molecule has 1 rings (SSSR count). The highest BCUT2D eigenvalue weighted by Crippen LogP contribution is 2.15. The second-order valence-corrected chi connectivity index (χ2v) is 6.55. The molecule has 0 saturated carbocycles. The van der Waals surface area contributed by atoms with Gasteiger partial charge in [0.05, 0.1) is 0 Å². The van der Waals surface area contributed by atoms with Crippen molar-refractivity contribution in [1.82, 2.24) is 0 Å². The van der Waals surface area contributed by atoms with E-state index in [1.165, 1.54) is 23.5 Å². The fourth-order valence-electron chi connectivity index (χ4n) is 1.61. The molecule has 0 fully saturated rings. The Morgan fingerprint density at radius 2 is 1.42 bits per heavy atom. The van der Waals surface area contributed by atoms with Crippen LogP contribution in [0.25, 0.3) is 0 Å². The standard InChI is InChI=1S/C14H19NO2S2/c1-12(16)18-10-8-15(9-11-19-13(2)17)14-6-4-3-5-7-14/h3-7H,8-11H2,1-2H3. The van der Waals surface area contributed by atoms with Gasteiger partial charge < -0.3 is 4.90 Å². The molecule has 1 aromatic rings. The smallest absolute Gasteiger partial charge is 0.185 e. The molecule has 0 unspecified atom stereocenters. The van der Waals surface area contributed by atoms with Gasteiger partial charge in [-0.3, -0.25) is 9.59 Å². The second kappa shape index (κ2) is 9.04. The SMILES string of the molecule is CC(=O)SCCN(CCSC(C)=O)c1ccccc1. The fourth-order valence-corrected chi connectivity index (χ4v) is 2.81. The number of hydrogen-bond donors (Lipinski definition) is 0. The number of rotatable bonds is 7. The van der Waals surface area contributed by atoms with Crippen LogP contribution in [0.5, 0.6) is 0 Å². The van der Waals surface area contributed by atoms with Crippen molar-refractivity contribution < 1.29 is 9.59 Å². The van der Waals surface area contributed by atoms with Gasteiger partial charge in [0.1, 0.15) is 0 Å². The molecule has 0 aliphatic carbocycles. The Kier molecular flexibility index (Phi) is 7.67. The van der Waals surface area contributed by atoms with Crippen molar-refractivity contribution in [3.05, 3.63) is 30.3 Å². The van der Waals surface area contributed by atoms with Crippen LogP contribution in [0.2, 0.25) is 0 Å². The van der Waals surface area contributed by atoms with Crippen molar-refractivity contribution in [1.29, 1.82) is 0 Å². The van der Waals surface area contributed by atoms with Gasteiger partial charge in [-0.15, -0.1) is 0 Å². The van der Waals surface area contributed by atoms with E-state index in [2.05, 4.69) is 17.0 Å². The number of nitrogens with zero attached hydrogens (tertiary/aromatic N) is 1. The minimum absolute atomic E-state index is 0.145. The largest absolute Gasteiger partial charge is 0.370 e. The summed E-state index contributed by atoms with van der Waals surface area (Å²) < 4.78 is 0. The lowest BCUT2D eigenvalue weighted by Crippen LogP contribution is -2.28. The summed E-state index contributed by atoms with van der Waals surface area (Å²) in [6, 6.07) is 10.1. The molecular formula is C14H19NO2S2. The van der Waals surface area contributed by atoms with Crippen LogP contribution in [-0.2, 0) is 9.59 Å². The van der Waals surface area contributed by atoms with Gasteiger partial charge in [0.25, 0.3) is 0 Å². The molecule has 0 atom stereocenters. The summed E-state index contributed by atoms with van der Waals surface area (Å²) in [5, 5.41) is 0.289. The topological polar surface area (TPSA) is 37.4 Å². The molecule has 19 heavy (non-hydrogen) atoms. The van der Waals surface area contributed by atoms with E-state index in [4.69, 9.17) is 0 Å². The summed E-state index contributed by atoms with van der Waals surface area (Å²) in [7, 11) is 0. The van der Waals surface area contributed by atoms with E-state index in [1.54, 1.807) is 13.8 Å². The first kappa shape index (κ1) is 16.1. The predicted molar refractivity (Wildman–Crippen MR) is 84.9 cm³/mol. The lowest BCUT2D eigenvalue weighted by Gasteiger charge is -2.24. The molecule has 104 valence electrons. The first-order valence-electron chi connectivity index (χ1n) is 6.16. The third-order valence-corrected chi connectivity index (χ3v) is 4.04. The lowest BCUT2D eigenvalue weighted by atomic mass is 10.3. The van der Waals surface area contributed by atoms with Crippen LogP contribution in [0.1, 0.15) is 13.8 Å². The van der Waals surface area contributed by atoms with Crippen LogP contribution in [-0.4, -0.2) is 34.8 Å². The Morgan fingerprint density at radius 1 is 0.947 bits per heavy atom. The zero-order chi connectivity index (χ0) is 14.1. The van der Waals surface area contributed by atoms with Gasteiger partial charge in [0.15, 0.2) is 10.2 Å². The molecule has 0 aliphatic heterocycles. The van der Waals surface area contributed by atoms with Gasteiger partial charge in [0, 0.05) is 44.1 Å². The molecular weight excluding hydrogens is 278 g/mol. The van der Waals surface area contributed by atoms with Gasteiger partial charge in [0.2, 0.25) is 0 Å². The van der Waals surface area contributed by atoms with Crippen molar-refractivity contribution in [2.75, 3.05) is 29.5 Å². The van der Waals surface area contributed by atoms with Crippen molar-refractivity contribution in [3.63, 3.8) is 0 Å². The Morgan fingerprint density at radius 3 is 1.84 bits per heavy atom. The number of hydrogen-bond acceptors (Lipinski definition) is 5. The molecule has 0 radical (unpaired) electrons. The van der Waals surface area contributed by atoms with E-state index in [9.17, 15) is 9.59 Å². The quantitative estimate of drug-likeness (QED) is 0.773. The number of carbonyl (C=O) groups excluding carboxylic acids is 2. The molecule has 0 bridgehead atoms. The first-order chi connectivity index (χ1) is 9.09. The number of para-hydroxylation sites is 1. The predicted octanol–water partition coefficient (Wildman–Crippen LogP) is 3.05. The van der Waals surface area contributed by atoms with E-state index in [-0.39, 0.29) is 10.2 Å². The van der Waals surface area contributed by atoms with Crippen LogP contribution in [0.15, 0.2) is 30.3 Å². The van der Waals surface area contributed by atoms with Crippen molar-refractivity contribution >= 4 is 39.4 Å². The maximum absolute atomic E-state index is 11.0. The molecule has 0 N–H and O–H groups in total. The Hall–Kier alpha value is -0.940. The molecule has 0 heterocycles. The number of benzene rings is 1. The van der Waals surface area contributed by atoms with E-state index in [0.717, 1.165) is 30.3 Å². The summed E-state index contributed by atoms with van der Waals surface area (Å²) in [5.41, 5.74) is 1.14. The van der Waals surface area contributed by atoms with Crippen LogP contribution in [0.3, 0.4) is 0 Å². The van der Waals surface area contributed by atoms with Crippen LogP contribution >= 0.6 is 23.5 Å². The molecule has 0 aromatic heterocycles. The molecule has 0 spiro atoms. The highest BCUT2D eigenvalue weighted by Gasteiger charge is 2.07. The van der Waals surface area contributed by atoms with Crippen molar-refractivity contribution in [2.45, 2.75) is 13.8 Å². The van der Waals surface area contributed by atoms with Gasteiger partial charge in [-0.2, -0.15) is 0 Å². The minimum atomic E-state index is 0.145. The third-order valence-electron chi connectivity index (χ3n) is 2.45. The molecule has 1 aromatic carbocycles. The van der Waals surface area contributed by atoms with Gasteiger partial charge in [-0.25, -0.2) is 0 Å². The second-order valence-electron chi connectivity index (χ2n) is 4.00. The Balaban J connectivity index is 2.52.